The lowest BCUT2D eigenvalue weighted by atomic mass is 9.91. The fraction of sp³-hybridized carbons (Fsp3) is 0.346. The first-order chi connectivity index (χ1) is 16.1. The number of rotatable bonds is 6. The highest BCUT2D eigenvalue weighted by atomic mass is 16.5. The average molecular weight is 465 g/mol. The number of nitrogens with zero attached hydrogens (tertiary/aromatic N) is 1. The third kappa shape index (κ3) is 3.79. The van der Waals surface area contributed by atoms with Crippen LogP contribution in [-0.4, -0.2) is 31.1 Å². The van der Waals surface area contributed by atoms with Crippen molar-refractivity contribution in [3.8, 4) is 11.5 Å². The molecule has 1 aromatic heterocycles. The van der Waals surface area contributed by atoms with Crippen molar-refractivity contribution in [1.29, 1.82) is 0 Å². The summed E-state index contributed by atoms with van der Waals surface area (Å²) < 4.78 is 16.0. The molecule has 1 fully saturated rings. The summed E-state index contributed by atoms with van der Waals surface area (Å²) in [5, 5.41) is 3.50. The number of fused-ring (bicyclic) bond motifs is 1. The highest BCUT2D eigenvalue weighted by Crippen LogP contribution is 2.36. The number of carbonyl (C=O) groups excluding carboxylic acids is 2. The van der Waals surface area contributed by atoms with Crippen LogP contribution < -0.4 is 20.4 Å². The van der Waals surface area contributed by atoms with Crippen molar-refractivity contribution in [2.75, 3.05) is 14.2 Å². The van der Waals surface area contributed by atoms with E-state index in [-0.39, 0.29) is 12.5 Å². The van der Waals surface area contributed by atoms with Crippen molar-refractivity contribution in [3.05, 3.63) is 69.1 Å². The number of urea groups is 1. The summed E-state index contributed by atoms with van der Waals surface area (Å²) in [5.74, 6) is 0.795. The minimum atomic E-state index is -1.30. The highest BCUT2D eigenvalue weighted by molar-refractivity contribution is 6.07. The number of aryl methyl sites for hydroxylation is 1. The third-order valence-electron chi connectivity index (χ3n) is 6.40. The van der Waals surface area contributed by atoms with Gasteiger partial charge in [-0.15, -0.1) is 0 Å². The van der Waals surface area contributed by atoms with Crippen molar-refractivity contribution in [2.45, 2.75) is 45.7 Å². The van der Waals surface area contributed by atoms with Crippen LogP contribution in [0.3, 0.4) is 0 Å². The quantitative estimate of drug-likeness (QED) is 0.434. The molecule has 1 N–H and O–H groups in total. The Kier molecular flexibility index (Phi) is 5.85. The van der Waals surface area contributed by atoms with Crippen molar-refractivity contribution in [3.63, 3.8) is 0 Å². The third-order valence-corrected chi connectivity index (χ3v) is 6.40. The number of benzene rings is 2. The fourth-order valence-corrected chi connectivity index (χ4v) is 4.50. The van der Waals surface area contributed by atoms with Gasteiger partial charge in [0.15, 0.2) is 11.5 Å². The van der Waals surface area contributed by atoms with Gasteiger partial charge in [-0.25, -0.2) is 9.59 Å². The van der Waals surface area contributed by atoms with Crippen LogP contribution in [-0.2, 0) is 16.9 Å². The Labute approximate surface area is 197 Å². The van der Waals surface area contributed by atoms with Crippen LogP contribution in [0.5, 0.6) is 11.5 Å². The van der Waals surface area contributed by atoms with Crippen LogP contribution in [0.15, 0.2) is 45.6 Å². The molecule has 2 aromatic carbocycles. The van der Waals surface area contributed by atoms with Crippen molar-refractivity contribution in [2.24, 2.45) is 0 Å². The monoisotopic (exact) mass is 464 g/mol. The number of ether oxygens (including phenoxy) is 2. The zero-order valence-corrected chi connectivity index (χ0v) is 20.1. The summed E-state index contributed by atoms with van der Waals surface area (Å²) >= 11 is 0. The van der Waals surface area contributed by atoms with Crippen LogP contribution >= 0.6 is 0 Å². The second-order valence-corrected chi connectivity index (χ2v) is 8.97. The maximum absolute atomic E-state index is 13.5. The fourth-order valence-electron chi connectivity index (χ4n) is 4.50. The molecule has 8 heteroatoms. The van der Waals surface area contributed by atoms with E-state index < -0.39 is 23.1 Å². The molecular weight excluding hydrogens is 436 g/mol. The van der Waals surface area contributed by atoms with Gasteiger partial charge in [0.05, 0.1) is 20.8 Å². The van der Waals surface area contributed by atoms with Gasteiger partial charge in [0.2, 0.25) is 0 Å². The molecule has 3 amide bonds. The lowest BCUT2D eigenvalue weighted by molar-refractivity contribution is -0.131. The molecular formula is C26H28N2O6. The summed E-state index contributed by atoms with van der Waals surface area (Å²) in [4.78, 5) is 39.8. The largest absolute Gasteiger partial charge is 0.493 e. The molecule has 8 nitrogen and oxygen atoms in total. The molecule has 1 atom stereocenters. The maximum Gasteiger partial charge on any atom is 0.336 e. The minimum Gasteiger partial charge on any atom is -0.493 e. The van der Waals surface area contributed by atoms with Crippen LogP contribution in [0, 0.1) is 6.92 Å². The predicted octanol–water partition coefficient (Wildman–Crippen LogP) is 4.21. The van der Waals surface area contributed by atoms with Gasteiger partial charge in [0.25, 0.3) is 5.91 Å². The highest BCUT2D eigenvalue weighted by Gasteiger charge is 2.49. The molecule has 0 bridgehead atoms. The zero-order valence-electron chi connectivity index (χ0n) is 20.1. The van der Waals surface area contributed by atoms with E-state index in [1.54, 1.807) is 25.1 Å². The van der Waals surface area contributed by atoms with E-state index in [2.05, 4.69) is 19.2 Å². The topological polar surface area (TPSA) is 98.1 Å². The molecule has 1 unspecified atom stereocenters. The zero-order chi connectivity index (χ0) is 24.8. The Bertz CT molecular complexity index is 1360. The average Bonchev–Trinajstić information content (AvgIpc) is 3.01. The molecule has 1 aliphatic heterocycles. The molecule has 0 aliphatic carbocycles. The van der Waals surface area contributed by atoms with Gasteiger partial charge in [0.1, 0.15) is 11.1 Å². The lowest BCUT2D eigenvalue weighted by Crippen LogP contribution is -2.40. The van der Waals surface area contributed by atoms with Gasteiger partial charge in [0, 0.05) is 11.5 Å². The number of methoxy groups -OCH3 is 2. The Morgan fingerprint density at radius 2 is 1.74 bits per heavy atom. The molecule has 0 radical (unpaired) electrons. The van der Waals surface area contributed by atoms with Gasteiger partial charge in [-0.1, -0.05) is 19.9 Å². The molecule has 178 valence electrons. The van der Waals surface area contributed by atoms with Crippen LogP contribution in [0.25, 0.3) is 11.0 Å². The number of amides is 3. The van der Waals surface area contributed by atoms with Crippen molar-refractivity contribution in [1.82, 2.24) is 10.2 Å². The summed E-state index contributed by atoms with van der Waals surface area (Å²) in [6.07, 6.45) is 0. The molecule has 0 spiro atoms. The van der Waals surface area contributed by atoms with Crippen LogP contribution in [0.4, 0.5) is 4.79 Å². The number of hydrogen-bond donors (Lipinski definition) is 1. The van der Waals surface area contributed by atoms with E-state index in [0.29, 0.717) is 33.6 Å². The first-order valence-corrected chi connectivity index (χ1v) is 11.0. The molecule has 1 aliphatic rings. The van der Waals surface area contributed by atoms with E-state index in [1.165, 1.54) is 20.3 Å². The van der Waals surface area contributed by atoms with Crippen molar-refractivity contribution >= 4 is 22.9 Å². The molecule has 4 rings (SSSR count). The normalized spacial score (nSPS) is 18.0. The molecule has 34 heavy (non-hydrogen) atoms. The lowest BCUT2D eigenvalue weighted by Gasteiger charge is -2.23. The summed E-state index contributed by atoms with van der Waals surface area (Å²) in [6, 6.07) is 9.67. The second-order valence-electron chi connectivity index (χ2n) is 8.97. The summed E-state index contributed by atoms with van der Waals surface area (Å²) in [7, 11) is 3.03. The van der Waals surface area contributed by atoms with E-state index in [0.717, 1.165) is 16.0 Å². The van der Waals surface area contributed by atoms with E-state index in [9.17, 15) is 14.4 Å². The van der Waals surface area contributed by atoms with Crippen molar-refractivity contribution < 1.29 is 23.5 Å². The number of hydrogen-bond acceptors (Lipinski definition) is 6. The first-order valence-electron chi connectivity index (χ1n) is 11.0. The smallest absolute Gasteiger partial charge is 0.336 e. The number of nitrogens with one attached hydrogen (secondary N) is 1. The molecule has 2 heterocycles. The number of imide groups is 1. The first kappa shape index (κ1) is 23.4. The standard InChI is InChI=1S/C26H28N2O6/c1-14(2)18-12-19-16(10-23(29)34-21(19)9-15(18)3)13-28-24(30)26(4,27-25(28)31)17-7-8-20(32-5)22(11-17)33-6/h7-12,14H,13H2,1-6H3,(H,27,31). The maximum atomic E-state index is 13.5. The van der Waals surface area contributed by atoms with Gasteiger partial charge < -0.3 is 19.2 Å². The SMILES string of the molecule is COc1ccc(C2(C)NC(=O)N(Cc3cc(=O)oc4cc(C)c(C(C)C)cc34)C2=O)cc1OC. The van der Waals surface area contributed by atoms with E-state index in [4.69, 9.17) is 13.9 Å². The number of carbonyl (C=O) groups is 2. The minimum absolute atomic E-state index is 0.0593. The Morgan fingerprint density at radius 1 is 1.03 bits per heavy atom. The van der Waals surface area contributed by atoms with Gasteiger partial charge >= 0.3 is 11.7 Å². The van der Waals surface area contributed by atoms with Gasteiger partial charge in [-0.2, -0.15) is 0 Å². The molecule has 3 aromatic rings. The summed E-state index contributed by atoms with van der Waals surface area (Å²) in [5.41, 5.74) is 1.82. The van der Waals surface area contributed by atoms with E-state index >= 15 is 0 Å². The molecule has 1 saturated heterocycles. The van der Waals surface area contributed by atoms with Gasteiger partial charge in [-0.05, 0) is 66.3 Å². The van der Waals surface area contributed by atoms with Gasteiger partial charge in [-0.3, -0.25) is 9.69 Å². The summed E-state index contributed by atoms with van der Waals surface area (Å²) in [6.45, 7) is 7.72. The Morgan fingerprint density at radius 3 is 2.38 bits per heavy atom. The van der Waals surface area contributed by atoms with E-state index in [1.807, 2.05) is 19.1 Å². The molecule has 0 saturated carbocycles. The Balaban J connectivity index is 1.75. The Hall–Kier alpha value is -3.81. The predicted molar refractivity (Wildman–Crippen MR) is 127 cm³/mol. The van der Waals surface area contributed by atoms with Crippen LogP contribution in [0.1, 0.15) is 48.9 Å². The second kappa shape index (κ2) is 8.52. The van der Waals surface area contributed by atoms with Crippen LogP contribution in [0.2, 0.25) is 0 Å².